The SMILES string of the molecule is CN1CCN(C(=O)/C=C/C2=C(C(=O)O)N3C(=O)/C(=C/c4ccccn4)C3S(=O)(=O)C2)CC1. The number of amides is 2. The number of likely N-dealkylation sites (N-methyl/N-ethyl adjacent to an activating group) is 1. The van der Waals surface area contributed by atoms with Crippen LogP contribution >= 0.6 is 0 Å². The predicted molar refractivity (Wildman–Crippen MR) is 115 cm³/mol. The van der Waals surface area contributed by atoms with Crippen molar-refractivity contribution in [2.45, 2.75) is 5.37 Å². The Morgan fingerprint density at radius 1 is 1.19 bits per heavy atom. The molecule has 3 aliphatic rings. The fraction of sp³-hybridized carbons (Fsp3) is 0.333. The van der Waals surface area contributed by atoms with E-state index in [0.29, 0.717) is 31.9 Å². The van der Waals surface area contributed by atoms with E-state index in [2.05, 4.69) is 9.88 Å². The van der Waals surface area contributed by atoms with Crippen LogP contribution < -0.4 is 0 Å². The first-order chi connectivity index (χ1) is 15.2. The summed E-state index contributed by atoms with van der Waals surface area (Å²) in [5, 5.41) is 8.34. The summed E-state index contributed by atoms with van der Waals surface area (Å²) in [5.74, 6) is -3.06. The quantitative estimate of drug-likeness (QED) is 0.482. The molecule has 0 radical (unpaired) electrons. The molecule has 1 aromatic heterocycles. The molecule has 0 spiro atoms. The Labute approximate surface area is 185 Å². The molecule has 2 amide bonds. The van der Waals surface area contributed by atoms with Gasteiger partial charge in [0, 0.05) is 38.5 Å². The van der Waals surface area contributed by atoms with E-state index in [4.69, 9.17) is 0 Å². The van der Waals surface area contributed by atoms with Gasteiger partial charge in [-0.3, -0.25) is 19.5 Å². The number of carboxylic acids is 1. The molecule has 1 N–H and O–H groups in total. The number of carboxylic acid groups (broad SMARTS) is 1. The Balaban J connectivity index is 1.64. The highest BCUT2D eigenvalue weighted by Crippen LogP contribution is 2.41. The van der Waals surface area contributed by atoms with Crippen LogP contribution in [0.5, 0.6) is 0 Å². The van der Waals surface area contributed by atoms with Crippen LogP contribution in [0.4, 0.5) is 0 Å². The highest BCUT2D eigenvalue weighted by Gasteiger charge is 2.56. The van der Waals surface area contributed by atoms with Crippen molar-refractivity contribution in [1.29, 1.82) is 0 Å². The molecule has 11 heteroatoms. The maximum atomic E-state index is 12.9. The largest absolute Gasteiger partial charge is 0.477 e. The van der Waals surface area contributed by atoms with Crippen molar-refractivity contribution < 1.29 is 27.9 Å². The van der Waals surface area contributed by atoms with Gasteiger partial charge < -0.3 is 14.9 Å². The molecule has 1 aromatic rings. The monoisotopic (exact) mass is 458 g/mol. The molecule has 2 saturated heterocycles. The Bertz CT molecular complexity index is 1160. The Morgan fingerprint density at radius 2 is 1.91 bits per heavy atom. The summed E-state index contributed by atoms with van der Waals surface area (Å²) >= 11 is 0. The van der Waals surface area contributed by atoms with Crippen LogP contribution in [0.1, 0.15) is 5.69 Å². The van der Waals surface area contributed by atoms with Gasteiger partial charge >= 0.3 is 5.97 Å². The van der Waals surface area contributed by atoms with Gasteiger partial charge in [0.1, 0.15) is 5.70 Å². The smallest absolute Gasteiger partial charge is 0.352 e. The fourth-order valence-corrected chi connectivity index (χ4v) is 5.84. The normalized spacial score (nSPS) is 24.6. The highest BCUT2D eigenvalue weighted by atomic mass is 32.2. The summed E-state index contributed by atoms with van der Waals surface area (Å²) in [5.41, 5.74) is -0.147. The number of nitrogens with zero attached hydrogens (tertiary/aromatic N) is 4. The van der Waals surface area contributed by atoms with Crippen molar-refractivity contribution in [3.05, 3.63) is 59.1 Å². The minimum absolute atomic E-state index is 0.0287. The maximum absolute atomic E-state index is 12.9. The molecule has 0 aliphatic carbocycles. The van der Waals surface area contributed by atoms with Gasteiger partial charge in [0.05, 0.1) is 17.0 Å². The van der Waals surface area contributed by atoms with Crippen molar-refractivity contribution >= 4 is 33.7 Å². The van der Waals surface area contributed by atoms with E-state index in [9.17, 15) is 27.9 Å². The van der Waals surface area contributed by atoms with Crippen molar-refractivity contribution in [2.24, 2.45) is 0 Å². The lowest BCUT2D eigenvalue weighted by Gasteiger charge is -2.45. The number of carbonyl (C=O) groups is 3. The van der Waals surface area contributed by atoms with Crippen LogP contribution in [0.15, 0.2) is 53.4 Å². The Kier molecular flexibility index (Phi) is 5.70. The standard InChI is InChI=1S/C21H22N4O6S/c1-23-8-10-24(11-9-23)17(26)6-5-14-13-32(30,31)20-16(12-15-4-2-3-7-22-15)19(27)25(20)18(14)21(28)29/h2-7,12,20H,8-11,13H2,1H3,(H,28,29)/b6-5+,16-12-. The van der Waals surface area contributed by atoms with E-state index in [1.54, 1.807) is 23.1 Å². The molecular formula is C21H22N4O6S. The van der Waals surface area contributed by atoms with E-state index in [0.717, 1.165) is 4.90 Å². The number of piperazine rings is 1. The number of β-lactam (4-membered cyclic amide) rings is 1. The summed E-state index contributed by atoms with van der Waals surface area (Å²) in [7, 11) is -1.97. The zero-order valence-corrected chi connectivity index (χ0v) is 18.2. The van der Waals surface area contributed by atoms with Gasteiger partial charge in [0.15, 0.2) is 15.2 Å². The van der Waals surface area contributed by atoms with E-state index in [1.807, 2.05) is 7.05 Å². The Morgan fingerprint density at radius 3 is 2.53 bits per heavy atom. The van der Waals surface area contributed by atoms with Crippen molar-refractivity contribution in [3.8, 4) is 0 Å². The van der Waals surface area contributed by atoms with E-state index in [-0.39, 0.29) is 17.1 Å². The first-order valence-corrected chi connectivity index (χ1v) is 11.7. The van der Waals surface area contributed by atoms with Gasteiger partial charge in [-0.2, -0.15) is 0 Å². The number of fused-ring (bicyclic) bond motifs is 1. The molecular weight excluding hydrogens is 436 g/mol. The summed E-state index contributed by atoms with van der Waals surface area (Å²) in [6.45, 7) is 2.48. The minimum atomic E-state index is -3.92. The number of allylic oxidation sites excluding steroid dienone is 1. The second-order valence-corrected chi connectivity index (χ2v) is 9.89. The maximum Gasteiger partial charge on any atom is 0.352 e. The lowest BCUT2D eigenvalue weighted by atomic mass is 10.0. The molecule has 3 aliphatic heterocycles. The average Bonchev–Trinajstić information content (AvgIpc) is 2.76. The van der Waals surface area contributed by atoms with Crippen molar-refractivity contribution in [2.75, 3.05) is 39.0 Å². The summed E-state index contributed by atoms with van der Waals surface area (Å²) < 4.78 is 25.9. The number of hydrogen-bond donors (Lipinski definition) is 1. The second-order valence-electron chi connectivity index (χ2n) is 7.83. The van der Waals surface area contributed by atoms with Crippen LogP contribution in [0, 0.1) is 0 Å². The number of hydrogen-bond acceptors (Lipinski definition) is 7. The van der Waals surface area contributed by atoms with E-state index in [1.165, 1.54) is 24.4 Å². The van der Waals surface area contributed by atoms with Crippen LogP contribution in [0.2, 0.25) is 0 Å². The summed E-state index contributed by atoms with van der Waals surface area (Å²) in [6, 6.07) is 4.99. The molecule has 4 rings (SSSR count). The lowest BCUT2D eigenvalue weighted by Crippen LogP contribution is -2.62. The molecule has 0 aromatic carbocycles. The molecule has 4 heterocycles. The fourth-order valence-electron chi connectivity index (χ4n) is 3.94. The van der Waals surface area contributed by atoms with Crippen LogP contribution in [-0.2, 0) is 24.2 Å². The molecule has 2 fully saturated rings. The number of rotatable bonds is 4. The predicted octanol–water partition coefficient (Wildman–Crippen LogP) is -0.269. The van der Waals surface area contributed by atoms with Gasteiger partial charge in [-0.05, 0) is 30.8 Å². The third-order valence-electron chi connectivity index (χ3n) is 5.64. The number of aliphatic carboxylic acids is 1. The highest BCUT2D eigenvalue weighted by molar-refractivity contribution is 7.92. The van der Waals surface area contributed by atoms with Crippen molar-refractivity contribution in [1.82, 2.24) is 19.7 Å². The molecule has 10 nitrogen and oxygen atoms in total. The number of pyridine rings is 1. The van der Waals surface area contributed by atoms with Gasteiger partial charge in [0.2, 0.25) is 5.91 Å². The van der Waals surface area contributed by atoms with Gasteiger partial charge in [-0.1, -0.05) is 12.1 Å². The average molecular weight is 458 g/mol. The number of sulfone groups is 1. The van der Waals surface area contributed by atoms with E-state index < -0.39 is 38.5 Å². The minimum Gasteiger partial charge on any atom is -0.477 e. The van der Waals surface area contributed by atoms with Gasteiger partial charge in [-0.15, -0.1) is 0 Å². The second kappa shape index (κ2) is 8.32. The molecule has 1 atom stereocenters. The lowest BCUT2D eigenvalue weighted by molar-refractivity contribution is -0.141. The number of aromatic nitrogens is 1. The van der Waals surface area contributed by atoms with Gasteiger partial charge in [-0.25, -0.2) is 13.2 Å². The summed E-state index contributed by atoms with van der Waals surface area (Å²) in [6.07, 6.45) is 5.24. The molecule has 1 unspecified atom stereocenters. The van der Waals surface area contributed by atoms with Crippen molar-refractivity contribution in [3.63, 3.8) is 0 Å². The van der Waals surface area contributed by atoms with E-state index >= 15 is 0 Å². The van der Waals surface area contributed by atoms with Crippen LogP contribution in [0.3, 0.4) is 0 Å². The van der Waals surface area contributed by atoms with Crippen LogP contribution in [0.25, 0.3) is 6.08 Å². The Hall–Kier alpha value is -3.31. The molecule has 0 bridgehead atoms. The molecule has 32 heavy (non-hydrogen) atoms. The molecule has 168 valence electrons. The van der Waals surface area contributed by atoms with Gasteiger partial charge in [0.25, 0.3) is 5.91 Å². The molecule has 0 saturated carbocycles. The third-order valence-corrected chi connectivity index (χ3v) is 7.50. The summed E-state index contributed by atoms with van der Waals surface area (Å²) in [4.78, 5) is 45.7. The zero-order chi connectivity index (χ0) is 23.0. The third kappa shape index (κ3) is 3.96. The topological polar surface area (TPSA) is 128 Å². The first kappa shape index (κ1) is 21.9. The van der Waals surface area contributed by atoms with Crippen LogP contribution in [-0.4, -0.2) is 95.3 Å². The number of carbonyl (C=O) groups excluding carboxylic acids is 2. The first-order valence-electron chi connectivity index (χ1n) is 9.99. The zero-order valence-electron chi connectivity index (χ0n) is 17.3.